The number of nitrogens with two attached hydrogens (primary N) is 1. The number of β-amino-alcohol motifs (C(OH)–C–C–N with tert-alkyl or cyclic N) is 1. The van der Waals surface area contributed by atoms with Gasteiger partial charge in [0.25, 0.3) is 0 Å². The summed E-state index contributed by atoms with van der Waals surface area (Å²) in [6, 6.07) is 0.414. The Bertz CT molecular complexity index is 241. The molecule has 1 aliphatic heterocycles. The summed E-state index contributed by atoms with van der Waals surface area (Å²) in [5.41, 5.74) is 6.26. The van der Waals surface area contributed by atoms with Crippen molar-refractivity contribution in [2.24, 2.45) is 17.6 Å². The fraction of sp³-hybridized carbons (Fsp3) is 1.00. The Kier molecular flexibility index (Phi) is 5.42. The molecule has 4 heteroatoms. The average Bonchev–Trinajstić information content (AvgIpc) is 2.37. The summed E-state index contributed by atoms with van der Waals surface area (Å²) in [5, 5.41) is 8.94. The highest BCUT2D eigenvalue weighted by atomic mass is 16.3. The fourth-order valence-electron chi connectivity index (χ4n) is 3.40. The number of hydrogen-bond acceptors (Lipinski definition) is 4. The summed E-state index contributed by atoms with van der Waals surface area (Å²) in [4.78, 5) is 4.91. The minimum atomic E-state index is 0.283. The molecule has 1 aliphatic carbocycles. The van der Waals surface area contributed by atoms with Gasteiger partial charge in [-0.15, -0.1) is 0 Å². The Morgan fingerprint density at radius 3 is 2.44 bits per heavy atom. The van der Waals surface area contributed by atoms with Crippen LogP contribution in [-0.2, 0) is 0 Å². The predicted octanol–water partition coefficient (Wildman–Crippen LogP) is 0.360. The van der Waals surface area contributed by atoms with E-state index in [2.05, 4.69) is 16.7 Å². The second-order valence-corrected chi connectivity index (χ2v) is 6.21. The van der Waals surface area contributed by atoms with Crippen molar-refractivity contribution in [1.82, 2.24) is 9.80 Å². The van der Waals surface area contributed by atoms with E-state index in [1.165, 1.54) is 25.8 Å². The zero-order chi connectivity index (χ0) is 13.0. The third-order valence-corrected chi connectivity index (χ3v) is 4.68. The number of nitrogens with zero attached hydrogens (tertiary/aromatic N) is 2. The first-order valence-corrected chi connectivity index (χ1v) is 7.50. The van der Waals surface area contributed by atoms with Crippen LogP contribution in [0.4, 0.5) is 0 Å². The van der Waals surface area contributed by atoms with Crippen molar-refractivity contribution in [2.45, 2.75) is 32.2 Å². The molecular weight excluding hydrogens is 226 g/mol. The van der Waals surface area contributed by atoms with E-state index in [-0.39, 0.29) is 6.61 Å². The Balaban J connectivity index is 1.73. The minimum absolute atomic E-state index is 0.283. The van der Waals surface area contributed by atoms with Gasteiger partial charge in [-0.05, 0) is 31.1 Å². The van der Waals surface area contributed by atoms with Crippen molar-refractivity contribution < 1.29 is 5.11 Å². The molecule has 3 N–H and O–H groups in total. The summed E-state index contributed by atoms with van der Waals surface area (Å²) < 4.78 is 0. The van der Waals surface area contributed by atoms with Gasteiger partial charge < -0.3 is 15.7 Å². The molecule has 0 aromatic heterocycles. The maximum absolute atomic E-state index is 8.94. The molecule has 2 fully saturated rings. The van der Waals surface area contributed by atoms with Crippen LogP contribution in [0.3, 0.4) is 0 Å². The zero-order valence-electron chi connectivity index (χ0n) is 11.7. The van der Waals surface area contributed by atoms with Crippen LogP contribution in [0.1, 0.15) is 26.2 Å². The molecule has 0 aromatic carbocycles. The van der Waals surface area contributed by atoms with Gasteiger partial charge in [0.1, 0.15) is 0 Å². The van der Waals surface area contributed by atoms with Gasteiger partial charge in [-0.3, -0.25) is 4.90 Å². The molecule has 3 unspecified atom stereocenters. The number of hydrogen-bond donors (Lipinski definition) is 2. The Labute approximate surface area is 111 Å². The molecule has 2 aliphatic rings. The predicted molar refractivity (Wildman–Crippen MR) is 74.4 cm³/mol. The SMILES string of the molecule is CC1CCC(N)C(CN2CCN(CCO)CC2)C1. The van der Waals surface area contributed by atoms with Crippen molar-refractivity contribution >= 4 is 0 Å². The van der Waals surface area contributed by atoms with Gasteiger partial charge in [-0.25, -0.2) is 0 Å². The van der Waals surface area contributed by atoms with E-state index < -0.39 is 0 Å². The summed E-state index contributed by atoms with van der Waals surface area (Å²) in [5.74, 6) is 1.55. The van der Waals surface area contributed by atoms with Crippen LogP contribution < -0.4 is 5.73 Å². The number of rotatable bonds is 4. The first kappa shape index (κ1) is 14.3. The largest absolute Gasteiger partial charge is 0.395 e. The van der Waals surface area contributed by atoms with E-state index in [1.807, 2.05) is 0 Å². The Morgan fingerprint density at radius 1 is 1.11 bits per heavy atom. The smallest absolute Gasteiger partial charge is 0.0558 e. The van der Waals surface area contributed by atoms with E-state index in [9.17, 15) is 0 Å². The van der Waals surface area contributed by atoms with E-state index in [0.717, 1.165) is 38.6 Å². The van der Waals surface area contributed by atoms with E-state index in [0.29, 0.717) is 12.0 Å². The molecule has 1 saturated carbocycles. The lowest BCUT2D eigenvalue weighted by molar-refractivity contribution is 0.0865. The maximum Gasteiger partial charge on any atom is 0.0558 e. The standard InChI is InChI=1S/C14H29N3O/c1-12-2-3-14(15)13(10-12)11-17-6-4-16(5-7-17)8-9-18/h12-14,18H,2-11,15H2,1H3. The number of piperazine rings is 1. The molecule has 106 valence electrons. The highest BCUT2D eigenvalue weighted by Gasteiger charge is 2.28. The molecule has 18 heavy (non-hydrogen) atoms. The lowest BCUT2D eigenvalue weighted by Crippen LogP contribution is -2.51. The van der Waals surface area contributed by atoms with E-state index in [4.69, 9.17) is 10.8 Å². The van der Waals surface area contributed by atoms with Crippen molar-refractivity contribution in [3.05, 3.63) is 0 Å². The Hall–Kier alpha value is -0.160. The lowest BCUT2D eigenvalue weighted by Gasteiger charge is -2.40. The second kappa shape index (κ2) is 6.85. The second-order valence-electron chi connectivity index (χ2n) is 6.21. The topological polar surface area (TPSA) is 52.7 Å². The molecule has 0 amide bonds. The number of aliphatic hydroxyl groups is 1. The van der Waals surface area contributed by atoms with Gasteiger partial charge in [0, 0.05) is 45.3 Å². The van der Waals surface area contributed by atoms with Crippen molar-refractivity contribution in [3.8, 4) is 0 Å². The maximum atomic E-state index is 8.94. The van der Waals surface area contributed by atoms with Crippen LogP contribution in [0.15, 0.2) is 0 Å². The van der Waals surface area contributed by atoms with E-state index >= 15 is 0 Å². The third-order valence-electron chi connectivity index (χ3n) is 4.68. The molecule has 2 rings (SSSR count). The quantitative estimate of drug-likeness (QED) is 0.761. The van der Waals surface area contributed by atoms with Crippen LogP contribution in [-0.4, -0.2) is 66.8 Å². The van der Waals surface area contributed by atoms with Gasteiger partial charge >= 0.3 is 0 Å². The first-order valence-electron chi connectivity index (χ1n) is 7.50. The molecule has 3 atom stereocenters. The highest BCUT2D eigenvalue weighted by molar-refractivity contribution is 4.84. The fourth-order valence-corrected chi connectivity index (χ4v) is 3.40. The summed E-state index contributed by atoms with van der Waals surface area (Å²) >= 11 is 0. The monoisotopic (exact) mass is 255 g/mol. The summed E-state index contributed by atoms with van der Waals surface area (Å²) in [6.07, 6.45) is 3.82. The van der Waals surface area contributed by atoms with E-state index in [1.54, 1.807) is 0 Å². The third kappa shape index (κ3) is 3.92. The van der Waals surface area contributed by atoms with Crippen LogP contribution >= 0.6 is 0 Å². The van der Waals surface area contributed by atoms with Crippen LogP contribution in [0, 0.1) is 11.8 Å². The molecule has 0 spiro atoms. The molecule has 4 nitrogen and oxygen atoms in total. The van der Waals surface area contributed by atoms with Crippen molar-refractivity contribution in [3.63, 3.8) is 0 Å². The van der Waals surface area contributed by atoms with Gasteiger partial charge in [0.05, 0.1) is 6.61 Å². The molecule has 1 saturated heterocycles. The first-order chi connectivity index (χ1) is 8.69. The Morgan fingerprint density at radius 2 is 1.78 bits per heavy atom. The van der Waals surface area contributed by atoms with Gasteiger partial charge in [0.2, 0.25) is 0 Å². The summed E-state index contributed by atoms with van der Waals surface area (Å²) in [7, 11) is 0. The van der Waals surface area contributed by atoms with Crippen LogP contribution in [0.5, 0.6) is 0 Å². The van der Waals surface area contributed by atoms with Gasteiger partial charge in [0.15, 0.2) is 0 Å². The molecular formula is C14H29N3O. The lowest BCUT2D eigenvalue weighted by atomic mass is 9.79. The summed E-state index contributed by atoms with van der Waals surface area (Å²) in [6.45, 7) is 9.11. The molecule has 0 radical (unpaired) electrons. The number of aliphatic hydroxyl groups excluding tert-OH is 1. The average molecular weight is 255 g/mol. The highest BCUT2D eigenvalue weighted by Crippen LogP contribution is 2.28. The van der Waals surface area contributed by atoms with Gasteiger partial charge in [-0.2, -0.15) is 0 Å². The normalized spacial score (nSPS) is 35.8. The van der Waals surface area contributed by atoms with Crippen molar-refractivity contribution in [1.29, 1.82) is 0 Å². The van der Waals surface area contributed by atoms with Crippen LogP contribution in [0.2, 0.25) is 0 Å². The van der Waals surface area contributed by atoms with Gasteiger partial charge in [-0.1, -0.05) is 6.92 Å². The van der Waals surface area contributed by atoms with Crippen LogP contribution in [0.25, 0.3) is 0 Å². The molecule has 1 heterocycles. The zero-order valence-corrected chi connectivity index (χ0v) is 11.7. The molecule has 0 aromatic rings. The minimum Gasteiger partial charge on any atom is -0.395 e. The van der Waals surface area contributed by atoms with Crippen molar-refractivity contribution in [2.75, 3.05) is 45.9 Å². The molecule has 0 bridgehead atoms.